The molecule has 0 spiro atoms. The molecule has 9 nitrogen and oxygen atoms in total. The van der Waals surface area contributed by atoms with Gasteiger partial charge in [-0.05, 0) is 25.1 Å². The molecule has 0 aliphatic carbocycles. The van der Waals surface area contributed by atoms with Gasteiger partial charge in [0.1, 0.15) is 6.54 Å². The van der Waals surface area contributed by atoms with Crippen LogP contribution < -0.4 is 16.4 Å². The van der Waals surface area contributed by atoms with Crippen LogP contribution in [-0.2, 0) is 18.4 Å². The third-order valence-electron chi connectivity index (χ3n) is 4.33. The van der Waals surface area contributed by atoms with Gasteiger partial charge in [-0.1, -0.05) is 12.1 Å². The summed E-state index contributed by atoms with van der Waals surface area (Å²) in [6, 6.07) is 8.25. The van der Waals surface area contributed by atoms with Crippen molar-refractivity contribution in [3.8, 4) is 0 Å². The van der Waals surface area contributed by atoms with E-state index in [1.165, 1.54) is 6.20 Å². The molecule has 1 aromatic carbocycles. The van der Waals surface area contributed by atoms with Crippen molar-refractivity contribution in [2.45, 2.75) is 13.5 Å². The normalized spacial score (nSPS) is 11.2. The number of carbonyl (C=O) groups excluding carboxylic acids is 1. The van der Waals surface area contributed by atoms with Gasteiger partial charge in [0.25, 0.3) is 11.1 Å². The van der Waals surface area contributed by atoms with Crippen LogP contribution in [0.4, 0.5) is 5.69 Å². The number of amides is 1. The number of benzene rings is 1. The van der Waals surface area contributed by atoms with Gasteiger partial charge in [0.15, 0.2) is 5.65 Å². The Kier molecular flexibility index (Phi) is 3.84. The van der Waals surface area contributed by atoms with E-state index in [-0.39, 0.29) is 11.9 Å². The van der Waals surface area contributed by atoms with Crippen molar-refractivity contribution in [2.75, 3.05) is 5.32 Å². The average Bonchev–Trinajstić information content (AvgIpc) is 2.93. The monoisotopic (exact) mass is 364 g/mol. The van der Waals surface area contributed by atoms with Gasteiger partial charge < -0.3 is 5.32 Å². The summed E-state index contributed by atoms with van der Waals surface area (Å²) in [6.45, 7) is 1.54. The Labute approximate surface area is 152 Å². The number of pyridine rings is 1. The Morgan fingerprint density at radius 1 is 1.19 bits per heavy atom. The lowest BCUT2D eigenvalue weighted by molar-refractivity contribution is -0.117. The highest BCUT2D eigenvalue weighted by atomic mass is 16.2. The molecule has 3 aromatic heterocycles. The molecule has 0 aliphatic heterocycles. The van der Waals surface area contributed by atoms with Crippen LogP contribution in [0.3, 0.4) is 0 Å². The lowest BCUT2D eigenvalue weighted by Crippen LogP contribution is -2.34. The van der Waals surface area contributed by atoms with Gasteiger partial charge in [0.05, 0.1) is 28.4 Å². The van der Waals surface area contributed by atoms with Gasteiger partial charge in [0, 0.05) is 12.4 Å². The Morgan fingerprint density at radius 3 is 2.70 bits per heavy atom. The van der Waals surface area contributed by atoms with Crippen molar-refractivity contribution in [3.05, 3.63) is 62.9 Å². The molecular formula is C18H16N6O3. The summed E-state index contributed by atoms with van der Waals surface area (Å²) in [5, 5.41) is 10.8. The first-order valence-corrected chi connectivity index (χ1v) is 8.25. The van der Waals surface area contributed by atoms with Crippen LogP contribution in [0.2, 0.25) is 0 Å². The standard InChI is InChI=1S/C18H16N6O3/c1-10-14-7-11(8-19-16(14)23(2)21-10)20-15(25)9-24-18(27)13-6-4-3-5-12(13)17(26)22-24/h3-8H,9H2,1-2H3,(H,20,25)(H,22,26). The minimum absolute atomic E-state index is 0.267. The van der Waals surface area contributed by atoms with Crippen molar-refractivity contribution in [1.82, 2.24) is 24.5 Å². The van der Waals surface area contributed by atoms with E-state index in [0.29, 0.717) is 16.7 Å². The van der Waals surface area contributed by atoms with E-state index in [2.05, 4.69) is 20.5 Å². The predicted molar refractivity (Wildman–Crippen MR) is 101 cm³/mol. The summed E-state index contributed by atoms with van der Waals surface area (Å²) in [6.07, 6.45) is 1.52. The van der Waals surface area contributed by atoms with Crippen LogP contribution >= 0.6 is 0 Å². The van der Waals surface area contributed by atoms with Gasteiger partial charge in [-0.15, -0.1) is 0 Å². The van der Waals surface area contributed by atoms with Crippen LogP contribution in [0.15, 0.2) is 46.1 Å². The molecule has 0 aliphatic rings. The quantitative estimate of drug-likeness (QED) is 0.561. The molecule has 136 valence electrons. The molecule has 0 bridgehead atoms. The number of nitrogens with zero attached hydrogens (tertiary/aromatic N) is 4. The second-order valence-corrected chi connectivity index (χ2v) is 6.23. The zero-order chi connectivity index (χ0) is 19.1. The number of H-pyrrole nitrogens is 1. The summed E-state index contributed by atoms with van der Waals surface area (Å²) in [4.78, 5) is 41.3. The zero-order valence-corrected chi connectivity index (χ0v) is 14.7. The largest absolute Gasteiger partial charge is 0.323 e. The molecule has 0 unspecified atom stereocenters. The molecule has 9 heteroatoms. The van der Waals surface area contributed by atoms with Gasteiger partial charge in [-0.2, -0.15) is 5.10 Å². The van der Waals surface area contributed by atoms with Crippen LogP contribution in [0, 0.1) is 6.92 Å². The van der Waals surface area contributed by atoms with Crippen LogP contribution in [0.5, 0.6) is 0 Å². The first-order valence-electron chi connectivity index (χ1n) is 8.25. The van der Waals surface area contributed by atoms with Crippen LogP contribution in [0.25, 0.3) is 21.8 Å². The van der Waals surface area contributed by atoms with E-state index in [4.69, 9.17) is 0 Å². The number of aromatic amines is 1. The molecule has 0 radical (unpaired) electrons. The van der Waals surface area contributed by atoms with Crippen LogP contribution in [-0.4, -0.2) is 30.5 Å². The summed E-state index contributed by atoms with van der Waals surface area (Å²) in [5.74, 6) is -0.453. The van der Waals surface area contributed by atoms with Crippen LogP contribution in [0.1, 0.15) is 5.69 Å². The number of hydrogen-bond donors (Lipinski definition) is 2. The molecular weight excluding hydrogens is 348 g/mol. The summed E-state index contributed by atoms with van der Waals surface area (Å²) in [5.41, 5.74) is 1.13. The Balaban J connectivity index is 1.63. The highest BCUT2D eigenvalue weighted by Crippen LogP contribution is 2.19. The number of nitrogens with one attached hydrogen (secondary N) is 2. The van der Waals surface area contributed by atoms with E-state index in [0.717, 1.165) is 15.8 Å². The van der Waals surface area contributed by atoms with Crippen molar-refractivity contribution in [3.63, 3.8) is 0 Å². The summed E-state index contributed by atoms with van der Waals surface area (Å²) >= 11 is 0. The number of aryl methyl sites for hydroxylation is 2. The van der Waals surface area contributed by atoms with Gasteiger partial charge in [-0.3, -0.25) is 24.2 Å². The van der Waals surface area contributed by atoms with Gasteiger partial charge in [0.2, 0.25) is 5.91 Å². The molecule has 4 aromatic rings. The smallest absolute Gasteiger partial charge is 0.273 e. The van der Waals surface area contributed by atoms with Crippen molar-refractivity contribution in [2.24, 2.45) is 7.05 Å². The maximum atomic E-state index is 12.5. The molecule has 0 saturated carbocycles. The van der Waals surface area contributed by atoms with Crippen molar-refractivity contribution >= 4 is 33.4 Å². The number of anilines is 1. The molecule has 0 saturated heterocycles. The zero-order valence-electron chi connectivity index (χ0n) is 14.7. The highest BCUT2D eigenvalue weighted by Gasteiger charge is 2.12. The fraction of sp³-hybridized carbons (Fsp3) is 0.167. The number of aromatic nitrogens is 5. The molecule has 3 heterocycles. The third-order valence-corrected chi connectivity index (χ3v) is 4.33. The fourth-order valence-electron chi connectivity index (χ4n) is 3.08. The fourth-order valence-corrected chi connectivity index (χ4v) is 3.08. The van der Waals surface area contributed by atoms with E-state index in [9.17, 15) is 14.4 Å². The molecule has 0 atom stereocenters. The first-order chi connectivity index (χ1) is 12.9. The topological polar surface area (TPSA) is 115 Å². The van der Waals surface area contributed by atoms with Gasteiger partial charge >= 0.3 is 0 Å². The Bertz CT molecular complexity index is 1310. The average molecular weight is 364 g/mol. The maximum absolute atomic E-state index is 12.5. The molecule has 1 amide bonds. The second-order valence-electron chi connectivity index (χ2n) is 6.23. The van der Waals surface area contributed by atoms with Gasteiger partial charge in [-0.25, -0.2) is 9.67 Å². The minimum atomic E-state index is -0.453. The third kappa shape index (κ3) is 2.88. The molecule has 0 fully saturated rings. The van der Waals surface area contributed by atoms with E-state index in [1.807, 2.05) is 6.92 Å². The second kappa shape index (κ2) is 6.20. The maximum Gasteiger partial charge on any atom is 0.273 e. The minimum Gasteiger partial charge on any atom is -0.323 e. The number of rotatable bonds is 3. The Morgan fingerprint density at radius 2 is 1.93 bits per heavy atom. The number of hydrogen-bond acceptors (Lipinski definition) is 5. The lowest BCUT2D eigenvalue weighted by Gasteiger charge is -2.08. The summed E-state index contributed by atoms with van der Waals surface area (Å²) < 4.78 is 2.66. The molecule has 4 rings (SSSR count). The summed E-state index contributed by atoms with van der Waals surface area (Å²) in [7, 11) is 1.79. The first kappa shape index (κ1) is 16.7. The number of carbonyl (C=O) groups is 1. The Hall–Kier alpha value is -3.75. The van der Waals surface area contributed by atoms with E-state index in [1.54, 1.807) is 42.1 Å². The SMILES string of the molecule is Cc1nn(C)c2ncc(NC(=O)Cn3[nH]c(=O)c4ccccc4c3=O)cc12. The molecule has 27 heavy (non-hydrogen) atoms. The van der Waals surface area contributed by atoms with E-state index >= 15 is 0 Å². The van der Waals surface area contributed by atoms with Crippen molar-refractivity contribution in [1.29, 1.82) is 0 Å². The van der Waals surface area contributed by atoms with E-state index < -0.39 is 17.0 Å². The van der Waals surface area contributed by atoms with Crippen molar-refractivity contribution < 1.29 is 4.79 Å². The number of fused-ring (bicyclic) bond motifs is 2. The molecule has 2 N–H and O–H groups in total. The highest BCUT2D eigenvalue weighted by molar-refractivity contribution is 5.93. The lowest BCUT2D eigenvalue weighted by atomic mass is 10.2. The predicted octanol–water partition coefficient (Wildman–Crippen LogP) is 0.919.